The number of rotatable bonds is 4. The molecular weight excluding hydrogens is 418 g/mol. The molecule has 3 aromatic rings. The molecule has 0 radical (unpaired) electrons. The summed E-state index contributed by atoms with van der Waals surface area (Å²) in [5.41, 5.74) is 2.83. The van der Waals surface area contributed by atoms with Crippen LogP contribution in [-0.2, 0) is 12.5 Å². The molecule has 9 heteroatoms. The number of benzene rings is 1. The minimum absolute atomic E-state index is 0.118. The predicted octanol–water partition coefficient (Wildman–Crippen LogP) is 3.11. The molecule has 9 nitrogen and oxygen atoms in total. The van der Waals surface area contributed by atoms with Gasteiger partial charge in [-0.2, -0.15) is 10.1 Å². The molecule has 1 fully saturated rings. The zero-order valence-electron chi connectivity index (χ0n) is 20.4. The lowest BCUT2D eigenvalue weighted by Gasteiger charge is -2.38. The molecule has 2 atom stereocenters. The van der Waals surface area contributed by atoms with Gasteiger partial charge in [-0.05, 0) is 26.0 Å². The van der Waals surface area contributed by atoms with E-state index in [0.29, 0.717) is 29.0 Å². The summed E-state index contributed by atoms with van der Waals surface area (Å²) in [7, 11) is 3.35. The molecule has 0 spiro atoms. The highest BCUT2D eigenvalue weighted by molar-refractivity contribution is 6.13. The monoisotopic (exact) mass is 451 g/mol. The van der Waals surface area contributed by atoms with Crippen LogP contribution in [0.3, 0.4) is 0 Å². The molecular formula is C24H33N7O2. The molecule has 3 heterocycles. The molecule has 33 heavy (non-hydrogen) atoms. The van der Waals surface area contributed by atoms with Gasteiger partial charge in [-0.1, -0.05) is 20.8 Å². The van der Waals surface area contributed by atoms with Crippen LogP contribution in [0.25, 0.3) is 10.9 Å². The molecule has 0 saturated carbocycles. The van der Waals surface area contributed by atoms with E-state index in [4.69, 9.17) is 4.74 Å². The molecule has 176 valence electrons. The van der Waals surface area contributed by atoms with Crippen molar-refractivity contribution in [2.75, 3.05) is 30.4 Å². The Bertz CT molecular complexity index is 1170. The quantitative estimate of drug-likeness (QED) is 0.629. The number of carbonyl (C=O) groups is 1. The number of amides is 1. The van der Waals surface area contributed by atoms with Crippen molar-refractivity contribution in [1.29, 1.82) is 0 Å². The summed E-state index contributed by atoms with van der Waals surface area (Å²) in [5, 5.41) is 11.9. The van der Waals surface area contributed by atoms with Gasteiger partial charge < -0.3 is 20.3 Å². The average Bonchev–Trinajstić information content (AvgIpc) is 3.12. The van der Waals surface area contributed by atoms with E-state index < -0.39 is 0 Å². The summed E-state index contributed by atoms with van der Waals surface area (Å²) in [4.78, 5) is 24.6. The number of carbonyl (C=O) groups excluding carboxylic acids is 1. The van der Waals surface area contributed by atoms with Crippen molar-refractivity contribution < 1.29 is 9.53 Å². The van der Waals surface area contributed by atoms with E-state index in [1.807, 2.05) is 25.2 Å². The lowest BCUT2D eigenvalue weighted by molar-refractivity contribution is 0.102. The molecule has 2 aromatic heterocycles. The summed E-state index contributed by atoms with van der Waals surface area (Å²) in [6.45, 7) is 12.3. The van der Waals surface area contributed by atoms with Gasteiger partial charge in [0.25, 0.3) is 5.91 Å². The molecule has 0 unspecified atom stereocenters. The third-order valence-corrected chi connectivity index (χ3v) is 5.92. The molecule has 0 bridgehead atoms. The number of methoxy groups -OCH3 is 1. The number of hydrogen-bond donors (Lipinski definition) is 2. The van der Waals surface area contributed by atoms with Crippen LogP contribution in [0.4, 0.5) is 11.5 Å². The predicted molar refractivity (Wildman–Crippen MR) is 130 cm³/mol. The summed E-state index contributed by atoms with van der Waals surface area (Å²) in [6.07, 6.45) is 1.74. The van der Waals surface area contributed by atoms with E-state index in [1.165, 1.54) is 7.11 Å². The second-order valence-corrected chi connectivity index (χ2v) is 9.87. The number of ether oxygens (including phenoxy) is 1. The third kappa shape index (κ3) is 4.64. The average molecular weight is 452 g/mol. The smallest absolute Gasteiger partial charge is 0.316 e. The normalized spacial score (nSPS) is 19.1. The molecule has 4 rings (SSSR count). The largest absolute Gasteiger partial charge is 0.467 e. The fourth-order valence-electron chi connectivity index (χ4n) is 4.30. The van der Waals surface area contributed by atoms with Crippen LogP contribution in [-0.4, -0.2) is 57.9 Å². The van der Waals surface area contributed by atoms with Crippen LogP contribution in [0.1, 0.15) is 50.7 Å². The van der Waals surface area contributed by atoms with Gasteiger partial charge in [0.1, 0.15) is 5.82 Å². The number of anilines is 2. The topological polar surface area (TPSA) is 97.2 Å². The number of nitrogens with one attached hydrogen (secondary N) is 2. The maximum absolute atomic E-state index is 13.4. The molecule has 1 amide bonds. The van der Waals surface area contributed by atoms with Gasteiger partial charge in [0.2, 0.25) is 0 Å². The first kappa shape index (κ1) is 23.0. The van der Waals surface area contributed by atoms with Crippen molar-refractivity contribution in [2.45, 2.75) is 52.1 Å². The van der Waals surface area contributed by atoms with E-state index in [0.717, 1.165) is 29.9 Å². The Morgan fingerprint density at radius 3 is 2.52 bits per heavy atom. The lowest BCUT2D eigenvalue weighted by Crippen LogP contribution is -2.54. The highest BCUT2D eigenvalue weighted by Crippen LogP contribution is 2.31. The van der Waals surface area contributed by atoms with E-state index >= 15 is 0 Å². The minimum atomic E-state index is -0.252. The van der Waals surface area contributed by atoms with E-state index in [9.17, 15) is 4.79 Å². The second kappa shape index (κ2) is 8.62. The first-order chi connectivity index (χ1) is 15.6. The minimum Gasteiger partial charge on any atom is -0.467 e. The maximum Gasteiger partial charge on any atom is 0.316 e. The number of hydrogen-bond acceptors (Lipinski definition) is 7. The first-order valence-corrected chi connectivity index (χ1v) is 11.3. The Kier molecular flexibility index (Phi) is 6.00. The van der Waals surface area contributed by atoms with Gasteiger partial charge in [0.05, 0.1) is 23.9 Å². The molecule has 1 aliphatic rings. The third-order valence-electron chi connectivity index (χ3n) is 5.92. The van der Waals surface area contributed by atoms with Crippen molar-refractivity contribution in [1.82, 2.24) is 25.1 Å². The van der Waals surface area contributed by atoms with Crippen LogP contribution < -0.4 is 20.3 Å². The Morgan fingerprint density at radius 2 is 1.91 bits per heavy atom. The maximum atomic E-state index is 13.4. The first-order valence-electron chi connectivity index (χ1n) is 11.3. The number of aryl methyl sites for hydroxylation is 1. The van der Waals surface area contributed by atoms with Gasteiger partial charge in [0, 0.05) is 61.0 Å². The molecule has 0 aliphatic carbocycles. The number of piperazine rings is 1. The van der Waals surface area contributed by atoms with Crippen LogP contribution in [0.15, 0.2) is 24.4 Å². The van der Waals surface area contributed by atoms with Crippen molar-refractivity contribution in [3.63, 3.8) is 0 Å². The fourth-order valence-corrected chi connectivity index (χ4v) is 4.30. The Hall–Kier alpha value is -3.20. The van der Waals surface area contributed by atoms with Crippen molar-refractivity contribution >= 4 is 28.3 Å². The molecule has 2 N–H and O–H groups in total. The van der Waals surface area contributed by atoms with Crippen molar-refractivity contribution in [3.05, 3.63) is 35.7 Å². The van der Waals surface area contributed by atoms with Crippen LogP contribution >= 0.6 is 0 Å². The standard InChI is InChI=1S/C24H33N7O2/c1-14-12-31(13-15(2)26-14)18-9-8-16(21-17(18)11-25-23(28-21)33-7)22(32)27-20-10-19(24(3,4)5)29-30(20)6/h8-11,14-15,26H,12-13H2,1-7H3,(H,27,32)/t14-,15-/m0/s1. The van der Waals surface area contributed by atoms with E-state index in [2.05, 4.69) is 65.2 Å². The summed E-state index contributed by atoms with van der Waals surface area (Å²) >= 11 is 0. The van der Waals surface area contributed by atoms with Crippen LogP contribution in [0, 0.1) is 0 Å². The van der Waals surface area contributed by atoms with Crippen LogP contribution in [0.5, 0.6) is 6.01 Å². The van der Waals surface area contributed by atoms with E-state index in [1.54, 1.807) is 10.9 Å². The molecule has 1 saturated heterocycles. The summed E-state index contributed by atoms with van der Waals surface area (Å²) < 4.78 is 6.95. The SMILES string of the molecule is COc1ncc2c(N3C[C@H](C)N[C@@H](C)C3)ccc(C(=O)Nc3cc(C(C)(C)C)nn3C)c2n1. The Balaban J connectivity index is 1.74. The Labute approximate surface area is 194 Å². The zero-order chi connectivity index (χ0) is 23.9. The van der Waals surface area contributed by atoms with Gasteiger partial charge in [-0.15, -0.1) is 0 Å². The van der Waals surface area contributed by atoms with Gasteiger partial charge >= 0.3 is 6.01 Å². The molecule has 1 aliphatic heterocycles. The summed E-state index contributed by atoms with van der Waals surface area (Å²) in [6, 6.07) is 6.67. The van der Waals surface area contributed by atoms with Gasteiger partial charge in [0.15, 0.2) is 0 Å². The summed E-state index contributed by atoms with van der Waals surface area (Å²) in [5.74, 6) is 0.380. The van der Waals surface area contributed by atoms with Crippen LogP contribution in [0.2, 0.25) is 0 Å². The highest BCUT2D eigenvalue weighted by Gasteiger charge is 2.25. The lowest BCUT2D eigenvalue weighted by atomic mass is 9.92. The number of nitrogens with zero attached hydrogens (tertiary/aromatic N) is 5. The number of aromatic nitrogens is 4. The van der Waals surface area contributed by atoms with E-state index in [-0.39, 0.29) is 17.3 Å². The molecule has 1 aromatic carbocycles. The fraction of sp³-hybridized carbons (Fsp3) is 0.500. The van der Waals surface area contributed by atoms with Crippen molar-refractivity contribution in [2.24, 2.45) is 7.05 Å². The zero-order valence-corrected chi connectivity index (χ0v) is 20.4. The van der Waals surface area contributed by atoms with Crippen molar-refractivity contribution in [3.8, 4) is 6.01 Å². The number of fused-ring (bicyclic) bond motifs is 1. The second-order valence-electron chi connectivity index (χ2n) is 9.87. The van der Waals surface area contributed by atoms with Gasteiger partial charge in [-0.3, -0.25) is 9.48 Å². The highest BCUT2D eigenvalue weighted by atomic mass is 16.5. The Morgan fingerprint density at radius 1 is 1.21 bits per heavy atom. The van der Waals surface area contributed by atoms with Gasteiger partial charge in [-0.25, -0.2) is 4.98 Å².